The maximum absolute atomic E-state index is 12.6. The van der Waals surface area contributed by atoms with E-state index in [9.17, 15) is 4.79 Å². The number of carbonyl (C=O) groups excluding carboxylic acids is 1. The van der Waals surface area contributed by atoms with Crippen LogP contribution in [0.5, 0.6) is 0 Å². The van der Waals surface area contributed by atoms with E-state index in [1.54, 1.807) is 11.8 Å². The number of nitrogens with one attached hydrogen (secondary N) is 1. The Morgan fingerprint density at radius 1 is 0.897 bits per heavy atom. The largest absolute Gasteiger partial charge is 0.325 e. The highest BCUT2D eigenvalue weighted by Gasteiger charge is 2.48. The molecule has 29 heavy (non-hydrogen) atoms. The van der Waals surface area contributed by atoms with Crippen molar-refractivity contribution in [3.63, 3.8) is 0 Å². The predicted octanol–water partition coefficient (Wildman–Crippen LogP) is 6.65. The first-order valence-electron chi connectivity index (χ1n) is 11.2. The van der Waals surface area contributed by atoms with E-state index in [4.69, 9.17) is 0 Å². The van der Waals surface area contributed by atoms with Crippen molar-refractivity contribution >= 4 is 23.4 Å². The molecule has 0 saturated heterocycles. The average molecular weight is 406 g/mol. The maximum Gasteiger partial charge on any atom is 0.237 e. The molecule has 0 unspecified atom stereocenters. The van der Waals surface area contributed by atoms with Gasteiger partial charge in [-0.3, -0.25) is 4.79 Å². The van der Waals surface area contributed by atoms with Crippen LogP contribution in [-0.2, 0) is 4.79 Å². The van der Waals surface area contributed by atoms with Crippen molar-refractivity contribution in [1.82, 2.24) is 0 Å². The van der Waals surface area contributed by atoms with Crippen LogP contribution >= 0.6 is 11.8 Å². The Labute approximate surface area is 178 Å². The van der Waals surface area contributed by atoms with Gasteiger partial charge in [-0.1, -0.05) is 29.8 Å². The molecule has 2 aromatic carbocycles. The molecule has 0 heterocycles. The van der Waals surface area contributed by atoms with Crippen molar-refractivity contribution in [3.05, 3.63) is 59.7 Å². The topological polar surface area (TPSA) is 29.1 Å². The van der Waals surface area contributed by atoms with Crippen molar-refractivity contribution in [3.8, 4) is 0 Å². The highest BCUT2D eigenvalue weighted by molar-refractivity contribution is 8.00. The highest BCUT2D eigenvalue weighted by atomic mass is 32.2. The zero-order valence-electron chi connectivity index (χ0n) is 17.4. The van der Waals surface area contributed by atoms with E-state index in [1.807, 2.05) is 6.92 Å². The van der Waals surface area contributed by atoms with Crippen LogP contribution in [0.2, 0.25) is 0 Å². The Kier molecular flexibility index (Phi) is 5.19. The molecule has 0 aliphatic heterocycles. The number of hydrogen-bond acceptors (Lipinski definition) is 2. The van der Waals surface area contributed by atoms with Gasteiger partial charge in [0.05, 0.1) is 5.25 Å². The van der Waals surface area contributed by atoms with E-state index in [1.165, 1.54) is 43.2 Å². The molecule has 152 valence electrons. The zero-order valence-corrected chi connectivity index (χ0v) is 18.3. The number of anilines is 1. The lowest BCUT2D eigenvalue weighted by molar-refractivity contribution is -0.115. The molecular formula is C26H31NOS. The van der Waals surface area contributed by atoms with Gasteiger partial charge >= 0.3 is 0 Å². The number of hydrogen-bond donors (Lipinski definition) is 1. The zero-order chi connectivity index (χ0) is 20.0. The monoisotopic (exact) mass is 405 g/mol. The number of rotatable bonds is 5. The Bertz CT molecular complexity index is 845. The second-order valence-corrected chi connectivity index (χ2v) is 11.1. The Hall–Kier alpha value is -1.74. The second kappa shape index (κ2) is 7.83. The summed E-state index contributed by atoms with van der Waals surface area (Å²) in [5.74, 6) is 4.65. The molecule has 0 radical (unpaired) electrons. The number of thioether (sulfide) groups is 1. The van der Waals surface area contributed by atoms with Crippen LogP contribution in [0.4, 0.5) is 5.69 Å². The van der Waals surface area contributed by atoms with Crippen molar-refractivity contribution in [2.45, 2.75) is 62.0 Å². The molecule has 4 fully saturated rings. The van der Waals surface area contributed by atoms with E-state index in [0.29, 0.717) is 0 Å². The number of carbonyl (C=O) groups is 1. The second-order valence-electron chi connectivity index (χ2n) is 9.64. The molecule has 3 heteroatoms. The predicted molar refractivity (Wildman–Crippen MR) is 121 cm³/mol. The fourth-order valence-corrected chi connectivity index (χ4v) is 7.24. The molecule has 4 aliphatic rings. The Morgan fingerprint density at radius 3 is 2.07 bits per heavy atom. The van der Waals surface area contributed by atoms with E-state index >= 15 is 0 Å². The van der Waals surface area contributed by atoms with Gasteiger partial charge in [0.25, 0.3) is 0 Å². The fourth-order valence-electron chi connectivity index (χ4n) is 6.38. The molecule has 4 bridgehead atoms. The lowest BCUT2D eigenvalue weighted by Crippen LogP contribution is -2.43. The van der Waals surface area contributed by atoms with Gasteiger partial charge in [0.2, 0.25) is 5.91 Å². The minimum Gasteiger partial charge on any atom is -0.325 e. The molecule has 4 aliphatic carbocycles. The summed E-state index contributed by atoms with van der Waals surface area (Å²) in [4.78, 5) is 13.8. The van der Waals surface area contributed by atoms with Crippen molar-refractivity contribution in [2.24, 2.45) is 23.7 Å². The number of amides is 1. The number of aryl methyl sites for hydroxylation is 1. The lowest BCUT2D eigenvalue weighted by atomic mass is 9.51. The van der Waals surface area contributed by atoms with Crippen LogP contribution in [0.1, 0.15) is 56.1 Å². The van der Waals surface area contributed by atoms with Crippen LogP contribution in [0, 0.1) is 30.6 Å². The first-order chi connectivity index (χ1) is 14.0. The van der Waals surface area contributed by atoms with Crippen LogP contribution < -0.4 is 5.32 Å². The molecule has 6 rings (SSSR count). The van der Waals surface area contributed by atoms with Crippen LogP contribution in [0.3, 0.4) is 0 Å². The number of benzene rings is 2. The molecule has 2 nitrogen and oxygen atoms in total. The van der Waals surface area contributed by atoms with Crippen LogP contribution in [0.25, 0.3) is 0 Å². The molecule has 0 aromatic heterocycles. The summed E-state index contributed by atoms with van der Waals surface area (Å²) in [6, 6.07) is 17.1. The Balaban J connectivity index is 1.21. The summed E-state index contributed by atoms with van der Waals surface area (Å²) >= 11 is 1.61. The van der Waals surface area contributed by atoms with E-state index < -0.39 is 0 Å². The van der Waals surface area contributed by atoms with Crippen molar-refractivity contribution in [1.29, 1.82) is 0 Å². The summed E-state index contributed by atoms with van der Waals surface area (Å²) in [6.45, 7) is 4.06. The molecular weight excluding hydrogens is 374 g/mol. The van der Waals surface area contributed by atoms with Gasteiger partial charge in [-0.25, -0.2) is 0 Å². The van der Waals surface area contributed by atoms with Gasteiger partial charge < -0.3 is 5.32 Å². The first kappa shape index (κ1) is 19.2. The normalized spacial score (nSPS) is 30.9. The summed E-state index contributed by atoms with van der Waals surface area (Å²) in [5, 5.41) is 2.98. The molecule has 2 aromatic rings. The van der Waals surface area contributed by atoms with Gasteiger partial charge in [0.1, 0.15) is 0 Å². The lowest BCUT2D eigenvalue weighted by Gasteiger charge is -2.54. The molecule has 1 amide bonds. The summed E-state index contributed by atoms with van der Waals surface area (Å²) < 4.78 is 0. The van der Waals surface area contributed by atoms with E-state index in [0.717, 1.165) is 40.2 Å². The maximum atomic E-state index is 12.6. The van der Waals surface area contributed by atoms with Gasteiger partial charge in [-0.2, -0.15) is 0 Å². The minimum atomic E-state index is -0.123. The quantitative estimate of drug-likeness (QED) is 0.564. The highest BCUT2D eigenvalue weighted by Crippen LogP contribution is 2.59. The van der Waals surface area contributed by atoms with Gasteiger partial charge in [-0.15, -0.1) is 11.8 Å². The third-order valence-electron chi connectivity index (χ3n) is 7.49. The summed E-state index contributed by atoms with van der Waals surface area (Å²) in [6.07, 6.45) is 7.30. The van der Waals surface area contributed by atoms with Crippen LogP contribution in [-0.4, -0.2) is 11.2 Å². The fraction of sp³-hybridized carbons (Fsp3) is 0.500. The molecule has 4 saturated carbocycles. The van der Waals surface area contributed by atoms with Gasteiger partial charge in [0, 0.05) is 10.6 Å². The summed E-state index contributed by atoms with van der Waals surface area (Å²) in [5.41, 5.74) is 3.66. The minimum absolute atomic E-state index is 0.0675. The first-order valence-corrected chi connectivity index (χ1v) is 12.1. The standard InChI is InChI=1S/C26H31NOS/c1-16-3-9-24(10-4-16)29-17(2)26(28)27-23-7-5-20(6-8-23)25-21-12-18-11-19(14-21)15-22(25)13-18/h3-10,17-19,21-22,25H,11-15H2,1-2H3,(H,27,28)/t17-,18?,19?,21?,22?,25?/m1/s1. The van der Waals surface area contributed by atoms with Crippen molar-refractivity contribution < 1.29 is 4.79 Å². The SMILES string of the molecule is Cc1ccc(S[C@H](C)C(=O)Nc2ccc(C3C4CC5CC(C4)CC3C5)cc2)cc1. The van der Waals surface area contributed by atoms with E-state index in [-0.39, 0.29) is 11.2 Å². The van der Waals surface area contributed by atoms with Crippen LogP contribution in [0.15, 0.2) is 53.4 Å². The van der Waals surface area contributed by atoms with E-state index in [2.05, 4.69) is 60.8 Å². The average Bonchev–Trinajstić information content (AvgIpc) is 2.70. The molecule has 0 spiro atoms. The molecule has 1 atom stereocenters. The third-order valence-corrected chi connectivity index (χ3v) is 8.60. The van der Waals surface area contributed by atoms with Gasteiger partial charge in [-0.05, 0) is 105 Å². The van der Waals surface area contributed by atoms with Crippen molar-refractivity contribution in [2.75, 3.05) is 5.32 Å². The van der Waals surface area contributed by atoms with Gasteiger partial charge in [0.15, 0.2) is 0 Å². The summed E-state index contributed by atoms with van der Waals surface area (Å²) in [7, 11) is 0. The molecule has 1 N–H and O–H groups in total. The Morgan fingerprint density at radius 2 is 1.48 bits per heavy atom. The smallest absolute Gasteiger partial charge is 0.237 e. The third kappa shape index (κ3) is 3.99.